The average Bonchev–Trinajstić information content (AvgIpc) is 3.69. The Labute approximate surface area is 256 Å². The number of rotatable bonds is 7. The third-order valence-corrected chi connectivity index (χ3v) is 7.88. The van der Waals surface area contributed by atoms with Gasteiger partial charge in [-0.05, 0) is 104 Å². The number of nitrogens with zero attached hydrogens (tertiary/aromatic N) is 4. The molecule has 0 radical (unpaired) electrons. The number of aryl methyl sites for hydroxylation is 2. The van der Waals surface area contributed by atoms with Crippen molar-refractivity contribution in [1.29, 1.82) is 0 Å². The van der Waals surface area contributed by atoms with Crippen LogP contribution < -0.4 is 11.1 Å². The standard InChI is InChI=1S/C26H21N5.C10H13NO2/c27-24-21(10-5-15-28-24)25-30-23-14-13-22(18-6-2-1-3-7-18)29-26(23)31(25)20-12-11-17-8-4-9-19(17)16-20;1-11-5-4-8-2-3-9(7-12)10(13)6-8/h1-3,5-7,10-16H,4,8-9H2,(H2,27,28);2-3,6-7,11,13H,4-5H2,1H3. The summed E-state index contributed by atoms with van der Waals surface area (Å²) in [7, 11) is 1.87. The fraction of sp³-hybridized carbons (Fsp3) is 0.167. The molecule has 0 unspecified atom stereocenters. The van der Waals surface area contributed by atoms with E-state index in [9.17, 15) is 9.90 Å². The number of aldehydes is 1. The lowest BCUT2D eigenvalue weighted by Crippen LogP contribution is -2.10. The number of anilines is 1. The smallest absolute Gasteiger partial charge is 0.165 e. The summed E-state index contributed by atoms with van der Waals surface area (Å²) in [6.07, 6.45) is 6.68. The van der Waals surface area contributed by atoms with Gasteiger partial charge in [0.05, 0.1) is 16.8 Å². The van der Waals surface area contributed by atoms with Crippen LogP contribution in [0.1, 0.15) is 33.5 Å². The van der Waals surface area contributed by atoms with Crippen molar-refractivity contribution in [3.8, 4) is 34.1 Å². The fourth-order valence-corrected chi connectivity index (χ4v) is 5.57. The van der Waals surface area contributed by atoms with Crippen molar-refractivity contribution in [2.75, 3.05) is 19.3 Å². The highest BCUT2D eigenvalue weighted by Gasteiger charge is 2.20. The molecule has 3 heterocycles. The van der Waals surface area contributed by atoms with Crippen molar-refractivity contribution in [2.45, 2.75) is 25.7 Å². The van der Waals surface area contributed by atoms with Crippen LogP contribution in [0.2, 0.25) is 0 Å². The van der Waals surface area contributed by atoms with Gasteiger partial charge in [-0.3, -0.25) is 9.36 Å². The van der Waals surface area contributed by atoms with Crippen LogP contribution in [0.5, 0.6) is 5.75 Å². The van der Waals surface area contributed by atoms with Crippen LogP contribution in [0.4, 0.5) is 5.82 Å². The van der Waals surface area contributed by atoms with E-state index < -0.39 is 0 Å². The number of carbonyl (C=O) groups is 1. The number of likely N-dealkylation sites (N-methyl/N-ethyl adjacent to an activating group) is 1. The van der Waals surface area contributed by atoms with Crippen LogP contribution in [0.25, 0.3) is 39.5 Å². The summed E-state index contributed by atoms with van der Waals surface area (Å²) in [6, 6.07) is 29.9. The summed E-state index contributed by atoms with van der Waals surface area (Å²) in [6.45, 7) is 0.861. The molecule has 0 aliphatic heterocycles. The summed E-state index contributed by atoms with van der Waals surface area (Å²) < 4.78 is 2.12. The molecule has 1 aliphatic rings. The number of nitrogen functional groups attached to an aromatic ring is 1. The number of phenols is 1. The van der Waals surface area contributed by atoms with Crippen LogP contribution in [0, 0.1) is 0 Å². The maximum atomic E-state index is 10.4. The van der Waals surface area contributed by atoms with E-state index >= 15 is 0 Å². The van der Waals surface area contributed by atoms with Crippen molar-refractivity contribution < 1.29 is 9.90 Å². The quantitative estimate of drug-likeness (QED) is 0.192. The summed E-state index contributed by atoms with van der Waals surface area (Å²) in [5.74, 6) is 1.28. The number of carbonyl (C=O) groups excluding carboxylic acids is 1. The van der Waals surface area contributed by atoms with Gasteiger partial charge < -0.3 is 16.2 Å². The van der Waals surface area contributed by atoms with E-state index in [1.807, 2.05) is 55.6 Å². The molecule has 3 aromatic heterocycles. The zero-order chi connectivity index (χ0) is 30.5. The first-order chi connectivity index (χ1) is 21.6. The predicted molar refractivity (Wildman–Crippen MR) is 175 cm³/mol. The van der Waals surface area contributed by atoms with Gasteiger partial charge >= 0.3 is 0 Å². The van der Waals surface area contributed by atoms with E-state index in [-0.39, 0.29) is 5.75 Å². The number of imidazole rings is 1. The molecule has 8 heteroatoms. The lowest BCUT2D eigenvalue weighted by atomic mass is 10.1. The molecule has 0 saturated carbocycles. The lowest BCUT2D eigenvalue weighted by molar-refractivity contribution is 0.112. The zero-order valence-corrected chi connectivity index (χ0v) is 24.6. The minimum absolute atomic E-state index is 0.0589. The Kier molecular flexibility index (Phi) is 8.43. The normalized spacial score (nSPS) is 12.0. The van der Waals surface area contributed by atoms with Crippen molar-refractivity contribution in [1.82, 2.24) is 24.8 Å². The molecule has 220 valence electrons. The molecule has 6 aromatic rings. The first-order valence-corrected chi connectivity index (χ1v) is 14.8. The van der Waals surface area contributed by atoms with Gasteiger partial charge in [0.1, 0.15) is 17.1 Å². The minimum atomic E-state index is 0.0589. The maximum absolute atomic E-state index is 10.4. The zero-order valence-electron chi connectivity index (χ0n) is 24.6. The number of phenolic OH excluding ortho intramolecular Hbond substituents is 1. The van der Waals surface area contributed by atoms with Gasteiger partial charge in [0.15, 0.2) is 17.8 Å². The van der Waals surface area contributed by atoms with Gasteiger partial charge in [0, 0.05) is 17.4 Å². The molecule has 0 atom stereocenters. The van der Waals surface area contributed by atoms with Crippen LogP contribution in [-0.4, -0.2) is 44.5 Å². The maximum Gasteiger partial charge on any atom is 0.165 e. The molecule has 3 aromatic carbocycles. The molecule has 0 bridgehead atoms. The second-order valence-electron chi connectivity index (χ2n) is 10.8. The highest BCUT2D eigenvalue weighted by molar-refractivity contribution is 5.84. The molecular weight excluding hydrogens is 548 g/mol. The van der Waals surface area contributed by atoms with Crippen LogP contribution >= 0.6 is 0 Å². The fourth-order valence-electron chi connectivity index (χ4n) is 5.57. The monoisotopic (exact) mass is 582 g/mol. The first-order valence-electron chi connectivity index (χ1n) is 14.8. The number of pyridine rings is 2. The number of aromatic hydroxyl groups is 1. The summed E-state index contributed by atoms with van der Waals surface area (Å²) >= 11 is 0. The topological polar surface area (TPSA) is 119 Å². The van der Waals surface area contributed by atoms with Crippen LogP contribution in [-0.2, 0) is 19.3 Å². The van der Waals surface area contributed by atoms with Gasteiger partial charge in [0.2, 0.25) is 0 Å². The Bertz CT molecular complexity index is 1930. The SMILES string of the molecule is CNCCc1ccc(C=O)c(O)c1.Nc1ncccc1-c1nc2ccc(-c3ccccc3)nc2n1-c1ccc2c(c1)CCC2. The van der Waals surface area contributed by atoms with Gasteiger partial charge in [-0.1, -0.05) is 42.5 Å². The van der Waals surface area contributed by atoms with Gasteiger partial charge in [-0.2, -0.15) is 0 Å². The number of fused-ring (bicyclic) bond motifs is 2. The summed E-state index contributed by atoms with van der Waals surface area (Å²) in [4.78, 5) is 24.6. The number of hydrogen-bond donors (Lipinski definition) is 3. The highest BCUT2D eigenvalue weighted by Crippen LogP contribution is 2.33. The summed E-state index contributed by atoms with van der Waals surface area (Å²) in [5.41, 5.74) is 16.0. The number of nitrogens with one attached hydrogen (secondary N) is 1. The lowest BCUT2D eigenvalue weighted by Gasteiger charge is -2.12. The molecule has 0 saturated heterocycles. The predicted octanol–water partition coefficient (Wildman–Crippen LogP) is 6.19. The Morgan fingerprint density at radius 1 is 0.932 bits per heavy atom. The number of aromatic nitrogens is 4. The molecule has 0 amide bonds. The number of benzene rings is 3. The van der Waals surface area contributed by atoms with Crippen molar-refractivity contribution in [3.05, 3.63) is 119 Å². The van der Waals surface area contributed by atoms with Gasteiger partial charge in [-0.25, -0.2) is 15.0 Å². The molecule has 44 heavy (non-hydrogen) atoms. The molecule has 7 rings (SSSR count). The molecule has 1 aliphatic carbocycles. The largest absolute Gasteiger partial charge is 0.507 e. The molecule has 0 spiro atoms. The van der Waals surface area contributed by atoms with E-state index in [1.165, 1.54) is 17.5 Å². The average molecular weight is 583 g/mol. The number of nitrogens with two attached hydrogens (primary N) is 1. The first kappa shape index (κ1) is 28.8. The van der Waals surface area contributed by atoms with Crippen molar-refractivity contribution in [3.63, 3.8) is 0 Å². The van der Waals surface area contributed by atoms with E-state index in [0.717, 1.165) is 70.9 Å². The molecule has 4 N–H and O–H groups in total. The van der Waals surface area contributed by atoms with Gasteiger partial charge in [0.25, 0.3) is 0 Å². The highest BCUT2D eigenvalue weighted by atomic mass is 16.3. The van der Waals surface area contributed by atoms with Crippen LogP contribution in [0.3, 0.4) is 0 Å². The second-order valence-corrected chi connectivity index (χ2v) is 10.8. The van der Waals surface area contributed by atoms with E-state index in [4.69, 9.17) is 15.7 Å². The van der Waals surface area contributed by atoms with Crippen molar-refractivity contribution in [2.24, 2.45) is 0 Å². The Morgan fingerprint density at radius 2 is 1.77 bits per heavy atom. The molecular formula is C36H34N6O2. The molecule has 0 fully saturated rings. The third kappa shape index (κ3) is 5.93. The Morgan fingerprint density at radius 3 is 2.55 bits per heavy atom. The Hall–Kier alpha value is -5.34. The molecule has 8 nitrogen and oxygen atoms in total. The second kappa shape index (κ2) is 12.9. The summed E-state index contributed by atoms with van der Waals surface area (Å²) in [5, 5.41) is 12.4. The van der Waals surface area contributed by atoms with E-state index in [2.05, 4.69) is 45.2 Å². The minimum Gasteiger partial charge on any atom is -0.507 e. The van der Waals surface area contributed by atoms with Crippen molar-refractivity contribution >= 4 is 23.3 Å². The number of hydrogen-bond acceptors (Lipinski definition) is 7. The van der Waals surface area contributed by atoms with Gasteiger partial charge in [-0.15, -0.1) is 0 Å². The Balaban J connectivity index is 0.000000223. The van der Waals surface area contributed by atoms with Crippen LogP contribution in [0.15, 0.2) is 97.2 Å². The third-order valence-electron chi connectivity index (χ3n) is 7.88. The van der Waals surface area contributed by atoms with E-state index in [0.29, 0.717) is 17.7 Å². The van der Waals surface area contributed by atoms with E-state index in [1.54, 1.807) is 18.3 Å².